The molecule has 118 valence electrons. The van der Waals surface area contributed by atoms with Crippen LogP contribution in [-0.4, -0.2) is 41.4 Å². The van der Waals surface area contributed by atoms with Gasteiger partial charge in [0.25, 0.3) is 0 Å². The third kappa shape index (κ3) is 6.09. The maximum Gasteiger partial charge on any atom is 0.242 e. The third-order valence-corrected chi connectivity index (χ3v) is 3.31. The van der Waals surface area contributed by atoms with E-state index in [1.165, 1.54) is 0 Å². The molecule has 1 unspecified atom stereocenters. The van der Waals surface area contributed by atoms with Gasteiger partial charge in [-0.25, -0.2) is 0 Å². The highest BCUT2D eigenvalue weighted by atomic mass is 35.5. The quantitative estimate of drug-likeness (QED) is 0.807. The number of halogens is 1. The third-order valence-electron chi connectivity index (χ3n) is 3.31. The summed E-state index contributed by atoms with van der Waals surface area (Å²) >= 11 is 0. The number of nitrogens with one attached hydrogen (secondary N) is 1. The summed E-state index contributed by atoms with van der Waals surface area (Å²) in [4.78, 5) is 26.0. The summed E-state index contributed by atoms with van der Waals surface area (Å²) in [6.07, 6.45) is 4.08. The van der Waals surface area contributed by atoms with Gasteiger partial charge < -0.3 is 16.0 Å². The smallest absolute Gasteiger partial charge is 0.242 e. The molecular weight excluding hydrogens is 278 g/mol. The summed E-state index contributed by atoms with van der Waals surface area (Å²) in [5.41, 5.74) is 5.43. The Morgan fingerprint density at radius 1 is 1.35 bits per heavy atom. The second-order valence-electron chi connectivity index (χ2n) is 6.06. The molecule has 0 aromatic heterocycles. The molecule has 3 N–H and O–H groups in total. The molecule has 1 fully saturated rings. The molecule has 0 aromatic rings. The molecule has 1 aliphatic heterocycles. The highest BCUT2D eigenvalue weighted by molar-refractivity contribution is 5.87. The molecular formula is C14H28ClN3O2. The Kier molecular flexibility index (Phi) is 8.13. The van der Waals surface area contributed by atoms with Crippen molar-refractivity contribution in [3.8, 4) is 0 Å². The van der Waals surface area contributed by atoms with E-state index >= 15 is 0 Å². The van der Waals surface area contributed by atoms with Crippen LogP contribution in [0.15, 0.2) is 0 Å². The van der Waals surface area contributed by atoms with Gasteiger partial charge in [0.05, 0.1) is 0 Å². The number of nitrogens with zero attached hydrogens (tertiary/aromatic N) is 1. The van der Waals surface area contributed by atoms with Gasteiger partial charge in [0.2, 0.25) is 11.8 Å². The lowest BCUT2D eigenvalue weighted by atomic mass is 10.00. The first-order valence-corrected chi connectivity index (χ1v) is 7.21. The van der Waals surface area contributed by atoms with E-state index in [1.54, 1.807) is 4.90 Å². The van der Waals surface area contributed by atoms with Gasteiger partial charge in [0, 0.05) is 25.0 Å². The first-order valence-electron chi connectivity index (χ1n) is 7.21. The van der Waals surface area contributed by atoms with Crippen molar-refractivity contribution in [1.29, 1.82) is 0 Å². The highest BCUT2D eigenvalue weighted by Crippen LogP contribution is 2.18. The van der Waals surface area contributed by atoms with Crippen molar-refractivity contribution >= 4 is 24.2 Å². The van der Waals surface area contributed by atoms with Crippen LogP contribution in [0.5, 0.6) is 0 Å². The average Bonchev–Trinajstić information content (AvgIpc) is 2.35. The predicted octanol–water partition coefficient (Wildman–Crippen LogP) is 1.44. The van der Waals surface area contributed by atoms with Crippen LogP contribution in [0.4, 0.5) is 0 Å². The van der Waals surface area contributed by atoms with Crippen LogP contribution in [-0.2, 0) is 9.59 Å². The minimum atomic E-state index is -0.428. The highest BCUT2D eigenvalue weighted by Gasteiger charge is 2.31. The van der Waals surface area contributed by atoms with Gasteiger partial charge >= 0.3 is 0 Å². The zero-order valence-corrected chi connectivity index (χ0v) is 13.6. The molecule has 1 rings (SSSR count). The normalized spacial score (nSPS) is 19.2. The van der Waals surface area contributed by atoms with Crippen LogP contribution in [0, 0.1) is 0 Å². The number of carbonyl (C=O) groups excluding carboxylic acids is 2. The van der Waals surface area contributed by atoms with Crippen LogP contribution in [0.25, 0.3) is 0 Å². The predicted molar refractivity (Wildman–Crippen MR) is 82.8 cm³/mol. The summed E-state index contributed by atoms with van der Waals surface area (Å²) in [6, 6.07) is -0.310. The Labute approximate surface area is 128 Å². The van der Waals surface area contributed by atoms with Crippen LogP contribution in [0.1, 0.15) is 52.9 Å². The van der Waals surface area contributed by atoms with Crippen molar-refractivity contribution < 1.29 is 9.59 Å². The first-order chi connectivity index (χ1) is 8.85. The number of hydrogen-bond acceptors (Lipinski definition) is 3. The number of carbonyl (C=O) groups is 2. The topological polar surface area (TPSA) is 75.4 Å². The SMILES string of the molecule is CCCC(=O)N1CCCCC1C(=O)NCC(C)(C)N.Cl. The first kappa shape index (κ1) is 19.2. The molecule has 1 atom stereocenters. The molecule has 5 nitrogen and oxygen atoms in total. The summed E-state index contributed by atoms with van der Waals surface area (Å²) in [7, 11) is 0. The number of piperidine rings is 1. The van der Waals surface area contributed by atoms with E-state index in [0.29, 0.717) is 19.5 Å². The van der Waals surface area contributed by atoms with Crippen molar-refractivity contribution in [3.63, 3.8) is 0 Å². The maximum atomic E-state index is 12.2. The van der Waals surface area contributed by atoms with Gasteiger partial charge in [-0.05, 0) is 39.5 Å². The Morgan fingerprint density at radius 2 is 2.00 bits per heavy atom. The Hall–Kier alpha value is -0.810. The molecule has 6 heteroatoms. The lowest BCUT2D eigenvalue weighted by Crippen LogP contribution is -2.54. The molecule has 2 amide bonds. The molecule has 20 heavy (non-hydrogen) atoms. The average molecular weight is 306 g/mol. The van der Waals surface area contributed by atoms with E-state index < -0.39 is 5.54 Å². The molecule has 0 bridgehead atoms. The molecule has 0 aliphatic carbocycles. The fraction of sp³-hybridized carbons (Fsp3) is 0.857. The van der Waals surface area contributed by atoms with Gasteiger partial charge in [-0.2, -0.15) is 0 Å². The van der Waals surface area contributed by atoms with Crippen molar-refractivity contribution in [2.24, 2.45) is 5.73 Å². The fourth-order valence-corrected chi connectivity index (χ4v) is 2.29. The molecule has 1 saturated heterocycles. The number of amides is 2. The van der Waals surface area contributed by atoms with Crippen molar-refractivity contribution in [3.05, 3.63) is 0 Å². The summed E-state index contributed by atoms with van der Waals surface area (Å²) in [6.45, 7) is 6.84. The van der Waals surface area contributed by atoms with E-state index in [9.17, 15) is 9.59 Å². The Bertz CT molecular complexity index is 329. The lowest BCUT2D eigenvalue weighted by molar-refractivity contribution is -0.142. The molecule has 1 heterocycles. The summed E-state index contributed by atoms with van der Waals surface area (Å²) < 4.78 is 0. The maximum absolute atomic E-state index is 12.2. The largest absolute Gasteiger partial charge is 0.352 e. The van der Waals surface area contributed by atoms with E-state index in [0.717, 1.165) is 25.7 Å². The van der Waals surface area contributed by atoms with E-state index in [1.807, 2.05) is 20.8 Å². The summed E-state index contributed by atoms with van der Waals surface area (Å²) in [5.74, 6) is 0.0250. The minimum Gasteiger partial charge on any atom is -0.352 e. The van der Waals surface area contributed by atoms with E-state index in [-0.39, 0.29) is 30.3 Å². The van der Waals surface area contributed by atoms with Gasteiger partial charge in [0.15, 0.2) is 0 Å². The molecule has 1 aliphatic rings. The fourth-order valence-electron chi connectivity index (χ4n) is 2.29. The second-order valence-corrected chi connectivity index (χ2v) is 6.06. The van der Waals surface area contributed by atoms with Gasteiger partial charge in [-0.1, -0.05) is 6.92 Å². The number of nitrogens with two attached hydrogens (primary N) is 1. The van der Waals surface area contributed by atoms with Crippen LogP contribution in [0.2, 0.25) is 0 Å². The lowest BCUT2D eigenvalue weighted by Gasteiger charge is -2.35. The minimum absolute atomic E-state index is 0. The van der Waals surface area contributed by atoms with Gasteiger partial charge in [-0.15, -0.1) is 12.4 Å². The van der Waals surface area contributed by atoms with Crippen LogP contribution >= 0.6 is 12.4 Å². The van der Waals surface area contributed by atoms with Crippen molar-refractivity contribution in [2.75, 3.05) is 13.1 Å². The van der Waals surface area contributed by atoms with Crippen LogP contribution < -0.4 is 11.1 Å². The van der Waals surface area contributed by atoms with E-state index in [4.69, 9.17) is 5.73 Å². The number of hydrogen-bond donors (Lipinski definition) is 2. The number of rotatable bonds is 5. The Morgan fingerprint density at radius 3 is 2.55 bits per heavy atom. The zero-order valence-electron chi connectivity index (χ0n) is 12.8. The Balaban J connectivity index is 0.00000361. The standard InChI is InChI=1S/C14H27N3O2.ClH/c1-4-7-12(18)17-9-6-5-8-11(17)13(19)16-10-14(2,3)15;/h11H,4-10,15H2,1-3H3,(H,16,19);1H. The molecule has 0 radical (unpaired) electrons. The van der Waals surface area contributed by atoms with Gasteiger partial charge in [0.1, 0.15) is 6.04 Å². The van der Waals surface area contributed by atoms with Crippen molar-refractivity contribution in [2.45, 2.75) is 64.5 Å². The van der Waals surface area contributed by atoms with E-state index in [2.05, 4.69) is 5.32 Å². The summed E-state index contributed by atoms with van der Waals surface area (Å²) in [5, 5.41) is 2.86. The van der Waals surface area contributed by atoms with Crippen molar-refractivity contribution in [1.82, 2.24) is 10.2 Å². The molecule has 0 aromatic carbocycles. The monoisotopic (exact) mass is 305 g/mol. The molecule has 0 saturated carbocycles. The molecule has 0 spiro atoms. The van der Waals surface area contributed by atoms with Crippen LogP contribution in [0.3, 0.4) is 0 Å². The second kappa shape index (κ2) is 8.47. The zero-order chi connectivity index (χ0) is 14.5. The number of likely N-dealkylation sites (tertiary alicyclic amines) is 1. The van der Waals surface area contributed by atoms with Gasteiger partial charge in [-0.3, -0.25) is 9.59 Å².